The van der Waals surface area contributed by atoms with Gasteiger partial charge in [-0.3, -0.25) is 14.5 Å². The minimum absolute atomic E-state index is 0.0472. The Hall–Kier alpha value is -2.71. The average molecular weight is 470 g/mol. The Morgan fingerprint density at radius 1 is 1.06 bits per heavy atom. The van der Waals surface area contributed by atoms with Crippen LogP contribution in [0.5, 0.6) is 0 Å². The number of sulfonamides is 1. The number of amides is 2. The zero-order valence-electron chi connectivity index (χ0n) is 19.4. The molecule has 2 fully saturated rings. The lowest BCUT2D eigenvalue weighted by atomic mass is 9.92. The zero-order chi connectivity index (χ0) is 23.8. The molecule has 4 rings (SSSR count). The quantitative estimate of drug-likeness (QED) is 0.729. The minimum Gasteiger partial charge on any atom is -0.351 e. The fourth-order valence-corrected chi connectivity index (χ4v) is 6.32. The van der Waals surface area contributed by atoms with Crippen LogP contribution in [0, 0.1) is 13.8 Å². The number of hydrogen-bond donors (Lipinski definition) is 1. The lowest BCUT2D eigenvalue weighted by molar-refractivity contribution is -0.133. The molecule has 176 valence electrons. The first-order chi connectivity index (χ1) is 15.6. The van der Waals surface area contributed by atoms with Gasteiger partial charge in [-0.2, -0.15) is 4.31 Å². The number of benzene rings is 2. The molecule has 0 aromatic heterocycles. The van der Waals surface area contributed by atoms with Crippen LogP contribution in [-0.4, -0.2) is 49.2 Å². The fourth-order valence-electron chi connectivity index (χ4n) is 4.82. The van der Waals surface area contributed by atoms with E-state index in [4.69, 9.17) is 0 Å². The summed E-state index contributed by atoms with van der Waals surface area (Å²) in [6.07, 6.45) is 3.89. The van der Waals surface area contributed by atoms with E-state index in [1.54, 1.807) is 25.1 Å². The van der Waals surface area contributed by atoms with Crippen molar-refractivity contribution in [3.05, 3.63) is 59.7 Å². The van der Waals surface area contributed by atoms with Crippen LogP contribution >= 0.6 is 0 Å². The third-order valence-corrected chi connectivity index (χ3v) is 8.51. The molecule has 2 aromatic rings. The molecule has 2 aromatic carbocycles. The standard InChI is InChI=1S/C25H31N3O4S/c1-18-13-14-19(2)22(15-18)28-23(29)16-27(33(31,32)21-11-5-4-6-12-21)17-25(28,3)24(30)26-20-9-7-8-10-20/h4-6,11-15,20H,7-10,16-17H2,1-3H3,(H,26,30)/t25-/m0/s1. The molecule has 1 aliphatic carbocycles. The van der Waals surface area contributed by atoms with Gasteiger partial charge in [-0.15, -0.1) is 0 Å². The molecule has 1 heterocycles. The molecule has 33 heavy (non-hydrogen) atoms. The van der Waals surface area contributed by atoms with E-state index in [1.165, 1.54) is 17.0 Å². The fraction of sp³-hybridized carbons (Fsp3) is 0.440. The van der Waals surface area contributed by atoms with E-state index in [0.29, 0.717) is 5.69 Å². The topological polar surface area (TPSA) is 86.8 Å². The maximum absolute atomic E-state index is 13.7. The number of rotatable bonds is 5. The summed E-state index contributed by atoms with van der Waals surface area (Å²) in [5.41, 5.74) is 1.06. The Bertz CT molecular complexity index is 1160. The number of carbonyl (C=O) groups is 2. The Morgan fingerprint density at radius 3 is 2.39 bits per heavy atom. The van der Waals surface area contributed by atoms with E-state index in [0.717, 1.165) is 41.1 Å². The first-order valence-electron chi connectivity index (χ1n) is 11.4. The molecule has 1 saturated heterocycles. The van der Waals surface area contributed by atoms with E-state index in [9.17, 15) is 18.0 Å². The molecule has 2 amide bonds. The van der Waals surface area contributed by atoms with Crippen molar-refractivity contribution in [2.45, 2.75) is 62.9 Å². The summed E-state index contributed by atoms with van der Waals surface area (Å²) in [6.45, 7) is 5.05. The highest BCUT2D eigenvalue weighted by Crippen LogP contribution is 2.35. The van der Waals surface area contributed by atoms with Gasteiger partial charge in [0.05, 0.1) is 11.4 Å². The second-order valence-electron chi connectivity index (χ2n) is 9.33. The molecule has 1 N–H and O–H groups in total. The molecule has 0 radical (unpaired) electrons. The molecule has 2 aliphatic rings. The average Bonchev–Trinajstić information content (AvgIpc) is 3.29. The van der Waals surface area contributed by atoms with Gasteiger partial charge < -0.3 is 5.32 Å². The highest BCUT2D eigenvalue weighted by molar-refractivity contribution is 7.89. The number of nitrogens with one attached hydrogen (secondary N) is 1. The van der Waals surface area contributed by atoms with E-state index in [-0.39, 0.29) is 29.9 Å². The van der Waals surface area contributed by atoms with Crippen molar-refractivity contribution in [1.29, 1.82) is 0 Å². The number of carbonyl (C=O) groups excluding carboxylic acids is 2. The first-order valence-corrected chi connectivity index (χ1v) is 12.8. The largest absolute Gasteiger partial charge is 0.351 e. The number of anilines is 1. The van der Waals surface area contributed by atoms with Gasteiger partial charge in [0.15, 0.2) is 0 Å². The molecular weight excluding hydrogens is 438 g/mol. The zero-order valence-corrected chi connectivity index (χ0v) is 20.2. The SMILES string of the molecule is Cc1ccc(C)c(N2C(=O)CN(S(=O)(=O)c3ccccc3)C[C@@]2(C)C(=O)NC2CCCC2)c1. The Kier molecular flexibility index (Phi) is 6.33. The number of piperazine rings is 1. The summed E-state index contributed by atoms with van der Waals surface area (Å²) in [7, 11) is -3.94. The van der Waals surface area contributed by atoms with Crippen LogP contribution in [0.1, 0.15) is 43.7 Å². The van der Waals surface area contributed by atoms with Gasteiger partial charge >= 0.3 is 0 Å². The molecule has 0 unspecified atom stereocenters. The van der Waals surface area contributed by atoms with Gasteiger partial charge in [0.25, 0.3) is 0 Å². The monoisotopic (exact) mass is 469 g/mol. The molecule has 0 spiro atoms. The third-order valence-electron chi connectivity index (χ3n) is 6.70. The lowest BCUT2D eigenvalue weighted by Gasteiger charge is -2.47. The van der Waals surface area contributed by atoms with Gasteiger partial charge in [-0.25, -0.2) is 8.42 Å². The molecule has 8 heteroatoms. The predicted octanol–water partition coefficient (Wildman–Crippen LogP) is 3.16. The van der Waals surface area contributed by atoms with Crippen molar-refractivity contribution in [3.63, 3.8) is 0 Å². The van der Waals surface area contributed by atoms with Crippen molar-refractivity contribution in [2.24, 2.45) is 0 Å². The van der Waals surface area contributed by atoms with Gasteiger partial charge in [0, 0.05) is 18.3 Å². The van der Waals surface area contributed by atoms with Crippen LogP contribution in [0.3, 0.4) is 0 Å². The van der Waals surface area contributed by atoms with E-state index < -0.39 is 21.5 Å². The van der Waals surface area contributed by atoms with Crippen molar-refractivity contribution in [2.75, 3.05) is 18.0 Å². The first kappa shape index (κ1) is 23.4. The summed E-state index contributed by atoms with van der Waals surface area (Å²) in [6, 6.07) is 13.8. The summed E-state index contributed by atoms with van der Waals surface area (Å²) in [5.74, 6) is -0.741. The molecule has 7 nitrogen and oxygen atoms in total. The number of aryl methyl sites for hydroxylation is 2. The predicted molar refractivity (Wildman–Crippen MR) is 127 cm³/mol. The van der Waals surface area contributed by atoms with Crippen LogP contribution in [-0.2, 0) is 19.6 Å². The maximum Gasteiger partial charge on any atom is 0.247 e. The molecule has 1 aliphatic heterocycles. The lowest BCUT2D eigenvalue weighted by Crippen LogP contribution is -2.70. The second-order valence-corrected chi connectivity index (χ2v) is 11.3. The highest BCUT2D eigenvalue weighted by atomic mass is 32.2. The summed E-state index contributed by atoms with van der Waals surface area (Å²) < 4.78 is 27.9. The van der Waals surface area contributed by atoms with E-state index in [2.05, 4.69) is 5.32 Å². The molecule has 1 atom stereocenters. The molecule has 0 bridgehead atoms. The summed E-state index contributed by atoms with van der Waals surface area (Å²) >= 11 is 0. The van der Waals surface area contributed by atoms with Crippen LogP contribution < -0.4 is 10.2 Å². The van der Waals surface area contributed by atoms with Gasteiger partial charge in [0.1, 0.15) is 5.54 Å². The number of nitrogens with zero attached hydrogens (tertiary/aromatic N) is 2. The van der Waals surface area contributed by atoms with E-state index in [1.807, 2.05) is 32.0 Å². The second kappa shape index (κ2) is 8.91. The van der Waals surface area contributed by atoms with Crippen LogP contribution in [0.4, 0.5) is 5.69 Å². The molecule has 1 saturated carbocycles. The Morgan fingerprint density at radius 2 is 1.73 bits per heavy atom. The third kappa shape index (κ3) is 4.42. The van der Waals surface area contributed by atoms with E-state index >= 15 is 0 Å². The Labute approximate surface area is 195 Å². The smallest absolute Gasteiger partial charge is 0.247 e. The van der Waals surface area contributed by atoms with Crippen molar-refractivity contribution >= 4 is 27.5 Å². The summed E-state index contributed by atoms with van der Waals surface area (Å²) in [4.78, 5) is 28.8. The Balaban J connectivity index is 1.77. The number of hydrogen-bond acceptors (Lipinski definition) is 4. The van der Waals surface area contributed by atoms with Crippen LogP contribution in [0.15, 0.2) is 53.4 Å². The maximum atomic E-state index is 13.7. The minimum atomic E-state index is -3.94. The van der Waals surface area contributed by atoms with Gasteiger partial charge in [-0.05, 0) is 62.9 Å². The highest BCUT2D eigenvalue weighted by Gasteiger charge is 2.51. The van der Waals surface area contributed by atoms with Crippen molar-refractivity contribution in [3.8, 4) is 0 Å². The summed E-state index contributed by atoms with van der Waals surface area (Å²) in [5, 5.41) is 3.10. The molecular formula is C25H31N3O4S. The van der Waals surface area contributed by atoms with Crippen molar-refractivity contribution in [1.82, 2.24) is 9.62 Å². The van der Waals surface area contributed by atoms with Crippen LogP contribution in [0.25, 0.3) is 0 Å². The van der Waals surface area contributed by atoms with Crippen molar-refractivity contribution < 1.29 is 18.0 Å². The van der Waals surface area contributed by atoms with Crippen LogP contribution in [0.2, 0.25) is 0 Å². The van der Waals surface area contributed by atoms with Gasteiger partial charge in [-0.1, -0.05) is 43.2 Å². The van der Waals surface area contributed by atoms with Gasteiger partial charge in [0.2, 0.25) is 21.8 Å². The normalized spacial score (nSPS) is 22.5.